The molecule has 1 heteroatoms. The molecule has 1 spiro atoms. The van der Waals surface area contributed by atoms with Crippen LogP contribution in [-0.4, -0.2) is 5.71 Å². The molecule has 0 aliphatic heterocycles. The first kappa shape index (κ1) is 5.45. The predicted molar refractivity (Wildman–Crippen MR) is 37.9 cm³/mol. The molecule has 2 aliphatic carbocycles. The van der Waals surface area contributed by atoms with Crippen LogP contribution in [0.5, 0.6) is 0 Å². The second-order valence-corrected chi connectivity index (χ2v) is 3.47. The molecule has 1 nitrogen and oxygen atoms in total. The highest BCUT2D eigenvalue weighted by Gasteiger charge is 2.46. The van der Waals surface area contributed by atoms with Gasteiger partial charge in [-0.3, -0.25) is 0 Å². The van der Waals surface area contributed by atoms with Crippen molar-refractivity contribution in [3.05, 3.63) is 0 Å². The Morgan fingerprint density at radius 1 is 1.11 bits per heavy atom. The monoisotopic (exact) mass is 123 g/mol. The van der Waals surface area contributed by atoms with Crippen LogP contribution in [0, 0.1) is 10.8 Å². The van der Waals surface area contributed by atoms with Gasteiger partial charge < -0.3 is 5.41 Å². The summed E-state index contributed by atoms with van der Waals surface area (Å²) in [6.07, 6.45) is 7.73. The van der Waals surface area contributed by atoms with E-state index in [2.05, 4.69) is 0 Å². The molecule has 0 radical (unpaired) electrons. The highest BCUT2D eigenvalue weighted by atomic mass is 14.6. The molecule has 0 aromatic heterocycles. The van der Waals surface area contributed by atoms with Crippen LogP contribution in [0.1, 0.15) is 38.5 Å². The standard InChI is InChI=1S/C8H13N/c9-7-3-1-2-4-8(7)5-6-8/h9H,1-6H2. The first-order valence-corrected chi connectivity index (χ1v) is 3.91. The van der Waals surface area contributed by atoms with E-state index in [-0.39, 0.29) is 0 Å². The van der Waals surface area contributed by atoms with E-state index < -0.39 is 0 Å². The van der Waals surface area contributed by atoms with E-state index in [1.54, 1.807) is 0 Å². The summed E-state index contributed by atoms with van der Waals surface area (Å²) in [4.78, 5) is 0. The molecule has 2 aliphatic rings. The van der Waals surface area contributed by atoms with Crippen LogP contribution in [0.3, 0.4) is 0 Å². The molecular formula is C8H13N. The van der Waals surface area contributed by atoms with Crippen LogP contribution in [0.15, 0.2) is 0 Å². The van der Waals surface area contributed by atoms with Crippen molar-refractivity contribution in [2.75, 3.05) is 0 Å². The van der Waals surface area contributed by atoms with E-state index in [0.29, 0.717) is 5.41 Å². The lowest BCUT2D eigenvalue weighted by Crippen LogP contribution is -2.18. The smallest absolute Gasteiger partial charge is 0.0151 e. The highest BCUT2D eigenvalue weighted by Crippen LogP contribution is 2.53. The minimum atomic E-state index is 0.470. The van der Waals surface area contributed by atoms with Gasteiger partial charge in [0.2, 0.25) is 0 Å². The lowest BCUT2D eigenvalue weighted by Gasteiger charge is -2.21. The molecule has 0 saturated heterocycles. The molecule has 2 saturated carbocycles. The zero-order chi connectivity index (χ0) is 6.32. The van der Waals surface area contributed by atoms with Crippen molar-refractivity contribution < 1.29 is 0 Å². The van der Waals surface area contributed by atoms with Gasteiger partial charge in [-0.1, -0.05) is 6.42 Å². The quantitative estimate of drug-likeness (QED) is 0.511. The van der Waals surface area contributed by atoms with Gasteiger partial charge in [0, 0.05) is 11.1 Å². The second kappa shape index (κ2) is 1.59. The van der Waals surface area contributed by atoms with E-state index >= 15 is 0 Å². The Morgan fingerprint density at radius 3 is 2.33 bits per heavy atom. The summed E-state index contributed by atoms with van der Waals surface area (Å²) >= 11 is 0. The maximum atomic E-state index is 7.65. The minimum Gasteiger partial charge on any atom is -0.309 e. The number of nitrogens with one attached hydrogen (secondary N) is 1. The van der Waals surface area contributed by atoms with Crippen LogP contribution in [-0.2, 0) is 0 Å². The van der Waals surface area contributed by atoms with Crippen molar-refractivity contribution >= 4 is 5.71 Å². The summed E-state index contributed by atoms with van der Waals surface area (Å²) in [5, 5.41) is 7.65. The minimum absolute atomic E-state index is 0.470. The Morgan fingerprint density at radius 2 is 1.89 bits per heavy atom. The van der Waals surface area contributed by atoms with Crippen molar-refractivity contribution in [3.8, 4) is 0 Å². The summed E-state index contributed by atoms with van der Waals surface area (Å²) < 4.78 is 0. The van der Waals surface area contributed by atoms with E-state index in [0.717, 1.165) is 12.1 Å². The summed E-state index contributed by atoms with van der Waals surface area (Å²) in [7, 11) is 0. The molecule has 2 rings (SSSR count). The first-order chi connectivity index (χ1) is 4.33. The molecule has 2 fully saturated rings. The molecule has 50 valence electrons. The summed E-state index contributed by atoms with van der Waals surface area (Å²) in [5.41, 5.74) is 1.53. The van der Waals surface area contributed by atoms with Crippen molar-refractivity contribution in [1.29, 1.82) is 5.41 Å². The van der Waals surface area contributed by atoms with Gasteiger partial charge in [-0.15, -0.1) is 0 Å². The SMILES string of the molecule is N=C1CCCCC12CC2. The molecule has 0 aromatic rings. The normalized spacial score (nSPS) is 30.9. The van der Waals surface area contributed by atoms with E-state index in [9.17, 15) is 0 Å². The average Bonchev–Trinajstić information content (AvgIpc) is 2.60. The lowest BCUT2D eigenvalue weighted by molar-refractivity contribution is 0.512. The van der Waals surface area contributed by atoms with Gasteiger partial charge in [0.25, 0.3) is 0 Å². The lowest BCUT2D eigenvalue weighted by atomic mass is 9.84. The Labute approximate surface area is 56.0 Å². The van der Waals surface area contributed by atoms with Gasteiger partial charge in [-0.2, -0.15) is 0 Å². The Hall–Kier alpha value is -0.330. The Balaban J connectivity index is 2.12. The van der Waals surface area contributed by atoms with Crippen LogP contribution >= 0.6 is 0 Å². The Kier molecular flexibility index (Phi) is 0.961. The molecular weight excluding hydrogens is 110 g/mol. The summed E-state index contributed by atoms with van der Waals surface area (Å²) in [6, 6.07) is 0. The fourth-order valence-electron chi connectivity index (χ4n) is 1.88. The van der Waals surface area contributed by atoms with Crippen molar-refractivity contribution in [3.63, 3.8) is 0 Å². The second-order valence-electron chi connectivity index (χ2n) is 3.47. The van der Waals surface area contributed by atoms with Gasteiger partial charge in [0.15, 0.2) is 0 Å². The van der Waals surface area contributed by atoms with Crippen molar-refractivity contribution in [2.45, 2.75) is 38.5 Å². The van der Waals surface area contributed by atoms with Gasteiger partial charge in [-0.05, 0) is 32.1 Å². The van der Waals surface area contributed by atoms with Crippen LogP contribution < -0.4 is 0 Å². The number of hydrogen-bond donors (Lipinski definition) is 1. The van der Waals surface area contributed by atoms with Gasteiger partial charge >= 0.3 is 0 Å². The molecule has 0 heterocycles. The molecule has 0 bridgehead atoms. The van der Waals surface area contributed by atoms with E-state index in [4.69, 9.17) is 5.41 Å². The zero-order valence-electron chi connectivity index (χ0n) is 5.74. The largest absolute Gasteiger partial charge is 0.309 e. The third-order valence-electron chi connectivity index (χ3n) is 2.83. The van der Waals surface area contributed by atoms with Crippen molar-refractivity contribution in [2.24, 2.45) is 5.41 Å². The van der Waals surface area contributed by atoms with Gasteiger partial charge in [0.05, 0.1) is 0 Å². The maximum absolute atomic E-state index is 7.65. The van der Waals surface area contributed by atoms with Gasteiger partial charge in [-0.25, -0.2) is 0 Å². The molecule has 0 amide bonds. The van der Waals surface area contributed by atoms with E-state index in [1.165, 1.54) is 32.1 Å². The maximum Gasteiger partial charge on any atom is 0.0151 e. The molecule has 1 N–H and O–H groups in total. The molecule has 0 aromatic carbocycles. The summed E-state index contributed by atoms with van der Waals surface area (Å²) in [6.45, 7) is 0. The van der Waals surface area contributed by atoms with Crippen LogP contribution in [0.25, 0.3) is 0 Å². The van der Waals surface area contributed by atoms with E-state index in [1.807, 2.05) is 0 Å². The first-order valence-electron chi connectivity index (χ1n) is 3.91. The molecule has 0 unspecified atom stereocenters. The van der Waals surface area contributed by atoms with Crippen LogP contribution in [0.4, 0.5) is 0 Å². The average molecular weight is 123 g/mol. The number of rotatable bonds is 0. The topological polar surface area (TPSA) is 23.9 Å². The molecule has 0 atom stereocenters. The third kappa shape index (κ3) is 0.707. The van der Waals surface area contributed by atoms with Gasteiger partial charge in [0.1, 0.15) is 0 Å². The van der Waals surface area contributed by atoms with Crippen LogP contribution in [0.2, 0.25) is 0 Å². The molecule has 9 heavy (non-hydrogen) atoms. The predicted octanol–water partition coefficient (Wildman–Crippen LogP) is 2.36. The number of hydrogen-bond acceptors (Lipinski definition) is 1. The van der Waals surface area contributed by atoms with Crippen molar-refractivity contribution in [1.82, 2.24) is 0 Å². The highest BCUT2D eigenvalue weighted by molar-refractivity contribution is 5.90. The third-order valence-corrected chi connectivity index (χ3v) is 2.83. The zero-order valence-corrected chi connectivity index (χ0v) is 5.74. The summed E-state index contributed by atoms with van der Waals surface area (Å²) in [5.74, 6) is 0. The fraction of sp³-hybridized carbons (Fsp3) is 0.875. The Bertz CT molecular complexity index is 145. The fourth-order valence-corrected chi connectivity index (χ4v) is 1.88.